The molecule has 2 heterocycles. The summed E-state index contributed by atoms with van der Waals surface area (Å²) in [7, 11) is 0. The predicted octanol–water partition coefficient (Wildman–Crippen LogP) is 5.02. The Morgan fingerprint density at radius 2 is 1.88 bits per heavy atom. The highest BCUT2D eigenvalue weighted by molar-refractivity contribution is 5.88. The Morgan fingerprint density at radius 3 is 2.65 bits per heavy atom. The molecule has 2 aromatic rings. The highest BCUT2D eigenvalue weighted by atomic mass is 16.5. The molecule has 2 atom stereocenters. The van der Waals surface area contributed by atoms with Crippen LogP contribution in [0.1, 0.15) is 45.1 Å². The second kappa shape index (κ2) is 7.58. The summed E-state index contributed by atoms with van der Waals surface area (Å²) in [6.07, 6.45) is 6.15. The Hall–Kier alpha value is -1.58. The van der Waals surface area contributed by atoms with Crippen molar-refractivity contribution in [2.24, 2.45) is 5.41 Å². The van der Waals surface area contributed by atoms with Crippen molar-refractivity contribution in [3.8, 4) is 5.75 Å². The fourth-order valence-corrected chi connectivity index (χ4v) is 4.78. The molecule has 0 bridgehead atoms. The zero-order chi connectivity index (χ0) is 18.0. The molecule has 0 radical (unpaired) electrons. The van der Waals surface area contributed by atoms with Crippen molar-refractivity contribution in [3.05, 3.63) is 42.0 Å². The lowest BCUT2D eigenvalue weighted by Crippen LogP contribution is -2.57. The van der Waals surface area contributed by atoms with Gasteiger partial charge in [-0.3, -0.25) is 4.90 Å². The molecular weight excluding hydrogens is 322 g/mol. The van der Waals surface area contributed by atoms with Crippen molar-refractivity contribution in [1.29, 1.82) is 0 Å². The van der Waals surface area contributed by atoms with Crippen LogP contribution in [0, 0.1) is 5.41 Å². The van der Waals surface area contributed by atoms with E-state index in [1.807, 2.05) is 0 Å². The second-order valence-corrected chi connectivity index (χ2v) is 7.88. The Bertz CT molecular complexity index is 753. The Morgan fingerprint density at radius 1 is 1.08 bits per heavy atom. The number of morpholine rings is 1. The minimum atomic E-state index is 0.164. The molecule has 2 aliphatic heterocycles. The molecule has 0 saturated carbocycles. The van der Waals surface area contributed by atoms with Gasteiger partial charge in [0.1, 0.15) is 5.75 Å². The van der Waals surface area contributed by atoms with Crippen LogP contribution in [0.4, 0.5) is 0 Å². The maximum Gasteiger partial charge on any atom is 0.158 e. The predicted molar refractivity (Wildman–Crippen MR) is 107 cm³/mol. The quantitative estimate of drug-likeness (QED) is 0.753. The molecule has 0 spiro atoms. The van der Waals surface area contributed by atoms with Gasteiger partial charge in [-0.05, 0) is 36.1 Å². The monoisotopic (exact) mass is 353 g/mol. The molecular formula is C23H31NO2. The number of ether oxygens (including phenoxy) is 2. The smallest absolute Gasteiger partial charge is 0.158 e. The summed E-state index contributed by atoms with van der Waals surface area (Å²) < 4.78 is 12.4. The first-order valence-electron chi connectivity index (χ1n) is 10.3. The summed E-state index contributed by atoms with van der Waals surface area (Å²) in [5, 5.41) is 2.68. The molecule has 1 saturated heterocycles. The summed E-state index contributed by atoms with van der Waals surface area (Å²) in [6.45, 7) is 8.22. The van der Waals surface area contributed by atoms with Gasteiger partial charge in [-0.15, -0.1) is 0 Å². The first-order chi connectivity index (χ1) is 12.8. The third-order valence-corrected chi connectivity index (χ3v) is 6.40. The van der Waals surface area contributed by atoms with Gasteiger partial charge in [-0.1, -0.05) is 57.0 Å². The van der Waals surface area contributed by atoms with Crippen molar-refractivity contribution >= 4 is 10.8 Å². The summed E-state index contributed by atoms with van der Waals surface area (Å²) in [4.78, 5) is 2.53. The lowest BCUT2D eigenvalue weighted by atomic mass is 9.71. The number of unbranched alkanes of at least 4 members (excludes halogenated alkanes) is 1. The first-order valence-corrected chi connectivity index (χ1v) is 10.3. The molecule has 3 heteroatoms. The molecule has 2 unspecified atom stereocenters. The van der Waals surface area contributed by atoms with E-state index in [0.717, 1.165) is 44.9 Å². The standard InChI is InChI=1S/C23H31NO2/c1-3-5-12-23(4-2)17-20-19-9-7-6-8-18(19)10-11-21(20)26-22(23)24-13-15-25-16-14-24/h6-11,22H,3-5,12-17H2,1-2H3. The van der Waals surface area contributed by atoms with Crippen molar-refractivity contribution in [2.75, 3.05) is 26.3 Å². The van der Waals surface area contributed by atoms with Crippen LogP contribution in [0.15, 0.2) is 36.4 Å². The van der Waals surface area contributed by atoms with Gasteiger partial charge in [0.2, 0.25) is 0 Å². The third-order valence-electron chi connectivity index (χ3n) is 6.40. The lowest BCUT2D eigenvalue weighted by molar-refractivity contribution is -0.122. The number of fused-ring (bicyclic) bond motifs is 3. The van der Waals surface area contributed by atoms with Gasteiger partial charge in [0.05, 0.1) is 13.2 Å². The normalized spacial score (nSPS) is 26.5. The summed E-state index contributed by atoms with van der Waals surface area (Å²) >= 11 is 0. The molecule has 3 nitrogen and oxygen atoms in total. The number of hydrogen-bond acceptors (Lipinski definition) is 3. The Labute approximate surface area is 157 Å². The van der Waals surface area contributed by atoms with Crippen molar-refractivity contribution in [1.82, 2.24) is 4.90 Å². The van der Waals surface area contributed by atoms with Gasteiger partial charge in [0.15, 0.2) is 6.23 Å². The van der Waals surface area contributed by atoms with E-state index in [0.29, 0.717) is 0 Å². The first kappa shape index (κ1) is 17.8. The van der Waals surface area contributed by atoms with Crippen LogP contribution in [-0.4, -0.2) is 37.4 Å². The van der Waals surface area contributed by atoms with Gasteiger partial charge in [-0.25, -0.2) is 0 Å². The number of benzene rings is 2. The van der Waals surface area contributed by atoms with E-state index in [1.165, 1.54) is 35.6 Å². The Balaban J connectivity index is 1.77. The van der Waals surface area contributed by atoms with E-state index in [2.05, 4.69) is 55.1 Å². The summed E-state index contributed by atoms with van der Waals surface area (Å²) in [5.74, 6) is 1.08. The van der Waals surface area contributed by atoms with Gasteiger partial charge >= 0.3 is 0 Å². The average molecular weight is 354 g/mol. The molecule has 0 aromatic heterocycles. The van der Waals surface area contributed by atoms with Crippen molar-refractivity contribution < 1.29 is 9.47 Å². The van der Waals surface area contributed by atoms with Crippen LogP contribution in [0.3, 0.4) is 0 Å². The van der Waals surface area contributed by atoms with Crippen LogP contribution >= 0.6 is 0 Å². The molecule has 0 amide bonds. The molecule has 2 aromatic carbocycles. The second-order valence-electron chi connectivity index (χ2n) is 7.88. The van der Waals surface area contributed by atoms with Gasteiger partial charge in [-0.2, -0.15) is 0 Å². The molecule has 140 valence electrons. The van der Waals surface area contributed by atoms with Crippen LogP contribution in [0.2, 0.25) is 0 Å². The molecule has 2 aliphatic rings. The van der Waals surface area contributed by atoms with Gasteiger partial charge in [0.25, 0.3) is 0 Å². The van der Waals surface area contributed by atoms with E-state index in [4.69, 9.17) is 9.47 Å². The third kappa shape index (κ3) is 3.12. The van der Waals surface area contributed by atoms with Crippen molar-refractivity contribution in [2.45, 2.75) is 52.2 Å². The molecule has 0 aliphatic carbocycles. The molecule has 0 N–H and O–H groups in total. The average Bonchev–Trinajstić information content (AvgIpc) is 2.72. The fraction of sp³-hybridized carbons (Fsp3) is 0.565. The Kier molecular flexibility index (Phi) is 5.19. The van der Waals surface area contributed by atoms with E-state index >= 15 is 0 Å². The number of rotatable bonds is 5. The lowest BCUT2D eigenvalue weighted by Gasteiger charge is -2.50. The minimum absolute atomic E-state index is 0.164. The van der Waals surface area contributed by atoms with Crippen molar-refractivity contribution in [3.63, 3.8) is 0 Å². The van der Waals surface area contributed by atoms with E-state index < -0.39 is 0 Å². The topological polar surface area (TPSA) is 21.7 Å². The number of hydrogen-bond donors (Lipinski definition) is 0. The summed E-state index contributed by atoms with van der Waals surface area (Å²) in [6, 6.07) is 13.1. The number of nitrogens with zero attached hydrogens (tertiary/aromatic N) is 1. The fourth-order valence-electron chi connectivity index (χ4n) is 4.78. The minimum Gasteiger partial charge on any atom is -0.474 e. The maximum absolute atomic E-state index is 6.75. The highest BCUT2D eigenvalue weighted by Crippen LogP contribution is 2.47. The van der Waals surface area contributed by atoms with Crippen LogP contribution < -0.4 is 4.74 Å². The van der Waals surface area contributed by atoms with Crippen LogP contribution in [-0.2, 0) is 11.2 Å². The molecule has 4 rings (SSSR count). The largest absolute Gasteiger partial charge is 0.474 e. The van der Waals surface area contributed by atoms with Crippen LogP contribution in [0.25, 0.3) is 10.8 Å². The molecule has 1 fully saturated rings. The highest BCUT2D eigenvalue weighted by Gasteiger charge is 2.46. The van der Waals surface area contributed by atoms with Crippen LogP contribution in [0.5, 0.6) is 5.75 Å². The van der Waals surface area contributed by atoms with E-state index in [9.17, 15) is 0 Å². The summed E-state index contributed by atoms with van der Waals surface area (Å²) in [5.41, 5.74) is 1.59. The zero-order valence-electron chi connectivity index (χ0n) is 16.2. The van der Waals surface area contributed by atoms with Gasteiger partial charge in [0, 0.05) is 24.1 Å². The zero-order valence-corrected chi connectivity index (χ0v) is 16.2. The molecule has 26 heavy (non-hydrogen) atoms. The SMILES string of the molecule is CCCCC1(CC)Cc2c(ccc3ccccc23)OC1N1CCOCC1. The van der Waals surface area contributed by atoms with Gasteiger partial charge < -0.3 is 9.47 Å². The maximum atomic E-state index is 6.75. The van der Waals surface area contributed by atoms with E-state index in [-0.39, 0.29) is 11.6 Å². The van der Waals surface area contributed by atoms with E-state index in [1.54, 1.807) is 0 Å².